The van der Waals surface area contributed by atoms with E-state index in [0.717, 1.165) is 19.4 Å². The zero-order valence-electron chi connectivity index (χ0n) is 6.94. The van der Waals surface area contributed by atoms with E-state index in [0.29, 0.717) is 11.8 Å². The van der Waals surface area contributed by atoms with Gasteiger partial charge in [0.05, 0.1) is 32.0 Å². The molecule has 0 radical (unpaired) electrons. The lowest BCUT2D eigenvalue weighted by molar-refractivity contribution is -0.932. The summed E-state index contributed by atoms with van der Waals surface area (Å²) in [5, 5.41) is 0. The summed E-state index contributed by atoms with van der Waals surface area (Å²) in [5.41, 5.74) is 0. The Kier molecular flexibility index (Phi) is 1.95. The number of carbonyl (C=O) groups is 1. The highest BCUT2D eigenvalue weighted by molar-refractivity contribution is 5.79. The lowest BCUT2D eigenvalue weighted by atomic mass is 9.93. The largest absolute Gasteiger partial charge is 0.332 e. The second-order valence-electron chi connectivity index (χ2n) is 3.84. The molecule has 1 unspecified atom stereocenters. The van der Waals surface area contributed by atoms with Crippen molar-refractivity contribution in [1.29, 1.82) is 0 Å². The summed E-state index contributed by atoms with van der Waals surface area (Å²) in [7, 11) is 0. The van der Waals surface area contributed by atoms with Crippen LogP contribution in [0.4, 0.5) is 0 Å². The molecule has 0 aliphatic carbocycles. The van der Waals surface area contributed by atoms with Crippen LogP contribution in [0, 0.1) is 0 Å². The maximum atomic E-state index is 11.1. The first-order valence-electron chi connectivity index (χ1n) is 4.72. The summed E-state index contributed by atoms with van der Waals surface area (Å²) in [4.78, 5) is 12.8. The monoisotopic (exact) mass is 154 g/mol. The molecule has 0 aromatic heterocycles. The van der Waals surface area contributed by atoms with Crippen molar-refractivity contribution in [2.24, 2.45) is 0 Å². The Morgan fingerprint density at radius 2 is 2.18 bits per heavy atom. The van der Waals surface area contributed by atoms with E-state index in [9.17, 15) is 4.79 Å². The number of quaternary nitrogens is 1. The quantitative estimate of drug-likeness (QED) is 0.512. The molecule has 2 rings (SSSR count). The molecule has 2 atom stereocenters. The third-order valence-electron chi connectivity index (χ3n) is 3.08. The van der Waals surface area contributed by atoms with Gasteiger partial charge in [0, 0.05) is 6.42 Å². The van der Waals surface area contributed by atoms with Crippen molar-refractivity contribution in [2.75, 3.05) is 13.1 Å². The highest BCUT2D eigenvalue weighted by Crippen LogP contribution is 2.10. The predicted octanol–water partition coefficient (Wildman–Crippen LogP) is -0.213. The molecule has 1 N–H and O–H groups in total. The van der Waals surface area contributed by atoms with Gasteiger partial charge < -0.3 is 4.90 Å². The average molecular weight is 154 g/mol. The van der Waals surface area contributed by atoms with Crippen molar-refractivity contribution >= 4 is 5.78 Å². The number of fused-ring (bicyclic) bond motifs is 1. The summed E-state index contributed by atoms with van der Waals surface area (Å²) in [6.45, 7) is 2.43. The Morgan fingerprint density at radius 1 is 1.27 bits per heavy atom. The maximum absolute atomic E-state index is 11.1. The van der Waals surface area contributed by atoms with Gasteiger partial charge >= 0.3 is 0 Å². The van der Waals surface area contributed by atoms with E-state index in [2.05, 4.69) is 0 Å². The average Bonchev–Trinajstić information content (AvgIpc) is 2.04. The molecule has 2 aliphatic heterocycles. The highest BCUT2D eigenvalue weighted by Gasteiger charge is 2.32. The standard InChI is InChI=1S/C9H15NO/c11-9-4-6-10-5-2-1-3-8(10)7-9/h8H,1-7H2/p+1/t8-/m0/s1. The Bertz CT molecular complexity index is 167. The van der Waals surface area contributed by atoms with Crippen LogP contribution < -0.4 is 4.90 Å². The summed E-state index contributed by atoms with van der Waals surface area (Å²) in [5.74, 6) is 0.501. The van der Waals surface area contributed by atoms with Gasteiger partial charge in [-0.1, -0.05) is 0 Å². The van der Waals surface area contributed by atoms with E-state index in [-0.39, 0.29) is 0 Å². The summed E-state index contributed by atoms with van der Waals surface area (Å²) >= 11 is 0. The minimum Gasteiger partial charge on any atom is -0.332 e. The molecule has 0 amide bonds. The first kappa shape index (κ1) is 7.29. The molecule has 62 valence electrons. The lowest BCUT2D eigenvalue weighted by Crippen LogP contribution is -3.17. The number of carbonyl (C=O) groups excluding carboxylic acids is 1. The van der Waals surface area contributed by atoms with Crippen LogP contribution in [0.1, 0.15) is 32.1 Å². The molecule has 2 aliphatic rings. The molecule has 0 saturated carbocycles. The molecule has 11 heavy (non-hydrogen) atoms. The van der Waals surface area contributed by atoms with Crippen LogP contribution in [0.2, 0.25) is 0 Å². The number of Topliss-reactive ketones (excluding diaryl/α,β-unsaturated/α-hetero) is 1. The van der Waals surface area contributed by atoms with Crippen LogP contribution in [0.5, 0.6) is 0 Å². The SMILES string of the molecule is O=C1CC[NH+]2CCCC[C@H]2C1. The van der Waals surface area contributed by atoms with Crippen LogP contribution in [-0.4, -0.2) is 24.9 Å². The van der Waals surface area contributed by atoms with Crippen molar-refractivity contribution in [1.82, 2.24) is 0 Å². The van der Waals surface area contributed by atoms with Gasteiger partial charge in [0.25, 0.3) is 0 Å². The fraction of sp³-hybridized carbons (Fsp3) is 0.889. The molecule has 2 nitrogen and oxygen atoms in total. The molecule has 0 aromatic rings. The van der Waals surface area contributed by atoms with E-state index >= 15 is 0 Å². The molecule has 2 fully saturated rings. The second-order valence-corrected chi connectivity index (χ2v) is 3.84. The number of hydrogen-bond acceptors (Lipinski definition) is 1. The van der Waals surface area contributed by atoms with Crippen molar-refractivity contribution in [3.05, 3.63) is 0 Å². The Labute approximate surface area is 67.6 Å². The van der Waals surface area contributed by atoms with Gasteiger partial charge in [-0.2, -0.15) is 0 Å². The predicted molar refractivity (Wildman–Crippen MR) is 42.6 cm³/mol. The fourth-order valence-corrected chi connectivity index (χ4v) is 2.40. The summed E-state index contributed by atoms with van der Waals surface area (Å²) in [6.07, 6.45) is 5.73. The molecular weight excluding hydrogens is 138 g/mol. The smallest absolute Gasteiger partial charge is 0.144 e. The number of ketones is 1. The molecule has 0 bridgehead atoms. The van der Waals surface area contributed by atoms with E-state index in [4.69, 9.17) is 0 Å². The molecule has 0 spiro atoms. The van der Waals surface area contributed by atoms with Crippen LogP contribution in [0.15, 0.2) is 0 Å². The van der Waals surface area contributed by atoms with E-state index in [1.165, 1.54) is 25.8 Å². The second kappa shape index (κ2) is 2.94. The molecule has 2 heteroatoms. The third-order valence-corrected chi connectivity index (χ3v) is 3.08. The molecule has 2 heterocycles. The number of rotatable bonds is 0. The first-order valence-corrected chi connectivity index (χ1v) is 4.72. The Balaban J connectivity index is 1.98. The third kappa shape index (κ3) is 1.45. The lowest BCUT2D eigenvalue weighted by Gasteiger charge is -2.35. The van der Waals surface area contributed by atoms with Gasteiger partial charge in [0.2, 0.25) is 0 Å². The molecule has 0 aromatic carbocycles. The topological polar surface area (TPSA) is 21.5 Å². The minimum atomic E-state index is 0.501. The van der Waals surface area contributed by atoms with E-state index in [1.54, 1.807) is 4.90 Å². The molecular formula is C9H16NO+. The minimum absolute atomic E-state index is 0.501. The van der Waals surface area contributed by atoms with Crippen LogP contribution in [0.3, 0.4) is 0 Å². The van der Waals surface area contributed by atoms with Gasteiger partial charge in [-0.3, -0.25) is 4.79 Å². The maximum Gasteiger partial charge on any atom is 0.144 e. The Morgan fingerprint density at radius 3 is 3.09 bits per heavy atom. The van der Waals surface area contributed by atoms with Gasteiger partial charge in [0.1, 0.15) is 5.78 Å². The normalized spacial score (nSPS) is 38.4. The first-order chi connectivity index (χ1) is 5.36. The van der Waals surface area contributed by atoms with Crippen molar-refractivity contribution in [3.8, 4) is 0 Å². The van der Waals surface area contributed by atoms with Gasteiger partial charge in [-0.15, -0.1) is 0 Å². The molecule has 2 saturated heterocycles. The number of nitrogens with one attached hydrogen (secondary N) is 1. The highest BCUT2D eigenvalue weighted by atomic mass is 16.1. The number of piperidine rings is 2. The van der Waals surface area contributed by atoms with Crippen LogP contribution in [-0.2, 0) is 4.79 Å². The zero-order valence-corrected chi connectivity index (χ0v) is 6.94. The fourth-order valence-electron chi connectivity index (χ4n) is 2.40. The van der Waals surface area contributed by atoms with Gasteiger partial charge in [-0.05, 0) is 12.8 Å². The van der Waals surface area contributed by atoms with E-state index in [1.807, 2.05) is 0 Å². The van der Waals surface area contributed by atoms with Crippen molar-refractivity contribution in [2.45, 2.75) is 38.1 Å². The van der Waals surface area contributed by atoms with Gasteiger partial charge in [0.15, 0.2) is 0 Å². The van der Waals surface area contributed by atoms with Crippen LogP contribution >= 0.6 is 0 Å². The summed E-state index contributed by atoms with van der Waals surface area (Å²) < 4.78 is 0. The van der Waals surface area contributed by atoms with E-state index < -0.39 is 0 Å². The van der Waals surface area contributed by atoms with Crippen LogP contribution in [0.25, 0.3) is 0 Å². The number of hydrogen-bond donors (Lipinski definition) is 1. The zero-order chi connectivity index (χ0) is 7.68. The van der Waals surface area contributed by atoms with Gasteiger partial charge in [-0.25, -0.2) is 0 Å². The van der Waals surface area contributed by atoms with Crippen molar-refractivity contribution in [3.63, 3.8) is 0 Å². The summed E-state index contributed by atoms with van der Waals surface area (Å²) in [6, 6.07) is 0.699. The Hall–Kier alpha value is -0.370. The van der Waals surface area contributed by atoms with Crippen molar-refractivity contribution < 1.29 is 9.69 Å².